The zero-order valence-electron chi connectivity index (χ0n) is 21.8. The molecular weight excluding hydrogens is 434 g/mol. The van der Waals surface area contributed by atoms with E-state index in [1.54, 1.807) is 0 Å². The van der Waals surface area contributed by atoms with Gasteiger partial charge in [-0.05, 0) is 41.4 Å². The Bertz CT molecular complexity index is 985. The molecule has 0 aromatic heterocycles. The van der Waals surface area contributed by atoms with E-state index in [0.717, 1.165) is 36.9 Å². The van der Waals surface area contributed by atoms with E-state index in [1.165, 1.54) is 30.4 Å². The second-order valence-electron chi connectivity index (χ2n) is 11.0. The lowest BCUT2D eigenvalue weighted by Crippen LogP contribution is -2.49. The Hall–Kier alpha value is -2.50. The molecule has 5 nitrogen and oxygen atoms in total. The second kappa shape index (κ2) is 11.0. The topological polar surface area (TPSA) is 52.7 Å². The summed E-state index contributed by atoms with van der Waals surface area (Å²) < 4.78 is 0. The number of carbonyl (C=O) groups excluding carboxylic acids is 2. The van der Waals surface area contributed by atoms with E-state index in [4.69, 9.17) is 0 Å². The molecule has 1 saturated carbocycles. The summed E-state index contributed by atoms with van der Waals surface area (Å²) in [6, 6.07) is 16.1. The predicted molar refractivity (Wildman–Crippen MR) is 143 cm³/mol. The summed E-state index contributed by atoms with van der Waals surface area (Å²) in [4.78, 5) is 30.3. The van der Waals surface area contributed by atoms with Crippen molar-refractivity contribution in [3.05, 3.63) is 65.2 Å². The summed E-state index contributed by atoms with van der Waals surface area (Å²) in [7, 11) is 0. The van der Waals surface area contributed by atoms with Crippen molar-refractivity contribution >= 4 is 17.9 Å². The van der Waals surface area contributed by atoms with Gasteiger partial charge in [0.2, 0.25) is 5.91 Å². The predicted octanol–water partition coefficient (Wildman–Crippen LogP) is 6.09. The maximum atomic E-state index is 13.4. The maximum absolute atomic E-state index is 13.4. The van der Waals surface area contributed by atoms with Gasteiger partial charge in [-0.25, -0.2) is 0 Å². The van der Waals surface area contributed by atoms with Crippen LogP contribution in [0.1, 0.15) is 94.4 Å². The van der Waals surface area contributed by atoms with Crippen LogP contribution in [0.4, 0.5) is 5.69 Å². The molecule has 1 unspecified atom stereocenters. The number of nitrogens with zero attached hydrogens (tertiary/aromatic N) is 2. The van der Waals surface area contributed by atoms with E-state index in [2.05, 4.69) is 61.0 Å². The highest BCUT2D eigenvalue weighted by molar-refractivity contribution is 5.94. The van der Waals surface area contributed by atoms with Crippen molar-refractivity contribution in [3.8, 4) is 0 Å². The number of anilines is 1. The van der Waals surface area contributed by atoms with Crippen molar-refractivity contribution < 1.29 is 9.59 Å². The number of nitrogens with one attached hydrogen (secondary N) is 1. The monoisotopic (exact) mass is 475 g/mol. The van der Waals surface area contributed by atoms with Gasteiger partial charge in [0.15, 0.2) is 0 Å². The maximum Gasteiger partial charge on any atom is 0.238 e. The Kier molecular flexibility index (Phi) is 8.08. The second-order valence-corrected chi connectivity index (χ2v) is 11.0. The van der Waals surface area contributed by atoms with Gasteiger partial charge in [-0.3, -0.25) is 14.6 Å². The highest BCUT2D eigenvalue weighted by atomic mass is 16.2. The number of hydrogen-bond acceptors (Lipinski definition) is 4. The van der Waals surface area contributed by atoms with Gasteiger partial charge in [0.25, 0.3) is 0 Å². The van der Waals surface area contributed by atoms with Crippen molar-refractivity contribution in [3.63, 3.8) is 0 Å². The summed E-state index contributed by atoms with van der Waals surface area (Å²) in [6.07, 6.45) is 6.85. The first kappa shape index (κ1) is 25.6. The Balaban J connectivity index is 1.55. The number of amides is 1. The van der Waals surface area contributed by atoms with Crippen LogP contribution in [0.25, 0.3) is 0 Å². The molecule has 0 bridgehead atoms. The molecule has 1 amide bonds. The molecule has 2 fully saturated rings. The average Bonchev–Trinajstić information content (AvgIpc) is 3.16. The van der Waals surface area contributed by atoms with E-state index in [0.29, 0.717) is 25.0 Å². The van der Waals surface area contributed by atoms with Crippen molar-refractivity contribution in [1.29, 1.82) is 0 Å². The number of rotatable bonds is 8. The van der Waals surface area contributed by atoms with Gasteiger partial charge in [-0.15, -0.1) is 0 Å². The molecule has 1 heterocycles. The van der Waals surface area contributed by atoms with E-state index in [1.807, 2.05) is 30.3 Å². The van der Waals surface area contributed by atoms with Crippen LogP contribution in [0.15, 0.2) is 48.5 Å². The lowest BCUT2D eigenvalue weighted by molar-refractivity contribution is -0.117. The lowest BCUT2D eigenvalue weighted by atomic mass is 9.80. The van der Waals surface area contributed by atoms with Crippen LogP contribution >= 0.6 is 0 Å². The Morgan fingerprint density at radius 3 is 2.14 bits per heavy atom. The Morgan fingerprint density at radius 2 is 1.57 bits per heavy atom. The van der Waals surface area contributed by atoms with Crippen LogP contribution < -0.4 is 5.32 Å². The summed E-state index contributed by atoms with van der Waals surface area (Å²) in [5, 5.41) is 3.28. The molecule has 1 saturated heterocycles. The minimum absolute atomic E-state index is 0.0233. The largest absolute Gasteiger partial charge is 0.324 e. The molecule has 1 N–H and O–H groups in total. The first-order chi connectivity index (χ1) is 16.8. The molecule has 2 aromatic rings. The zero-order valence-corrected chi connectivity index (χ0v) is 21.8. The van der Waals surface area contributed by atoms with E-state index in [-0.39, 0.29) is 17.5 Å². The normalized spacial score (nSPS) is 19.4. The van der Waals surface area contributed by atoms with Crippen LogP contribution in [0.3, 0.4) is 0 Å². The summed E-state index contributed by atoms with van der Waals surface area (Å²) in [5.41, 5.74) is 4.33. The fourth-order valence-electron chi connectivity index (χ4n) is 6.13. The highest BCUT2D eigenvalue weighted by Gasteiger charge is 2.48. The van der Waals surface area contributed by atoms with Gasteiger partial charge >= 0.3 is 0 Å². The smallest absolute Gasteiger partial charge is 0.238 e. The summed E-state index contributed by atoms with van der Waals surface area (Å²) >= 11 is 0. The zero-order chi connectivity index (χ0) is 25.0. The highest BCUT2D eigenvalue weighted by Crippen LogP contribution is 2.42. The fourth-order valence-corrected chi connectivity index (χ4v) is 6.13. The number of para-hydroxylation sites is 1. The van der Waals surface area contributed by atoms with Gasteiger partial charge in [0, 0.05) is 17.8 Å². The van der Waals surface area contributed by atoms with E-state index in [9.17, 15) is 9.59 Å². The average molecular weight is 476 g/mol. The molecule has 5 heteroatoms. The van der Waals surface area contributed by atoms with Crippen LogP contribution in [0.2, 0.25) is 0 Å². The standard InChI is InChI=1S/C30H41N3O2/c1-22(2)25-14-11-15-26(23(3)4)29(25)31-28(35)18-32-20-30(16-9-6-10-17-30)33(21-32)27(19-34)24-12-7-5-8-13-24/h5,7-8,11-15,19,22-23,27H,6,9-10,16-18,20-21H2,1-4H3,(H,31,35). The lowest BCUT2D eigenvalue weighted by Gasteiger charge is -2.43. The van der Waals surface area contributed by atoms with Gasteiger partial charge in [-0.2, -0.15) is 0 Å². The SMILES string of the molecule is CC(C)c1cccc(C(C)C)c1NC(=O)CN1CN(C(C=O)c2ccccc2)C2(CCCCC2)C1. The molecule has 4 rings (SSSR count). The molecule has 188 valence electrons. The molecule has 1 aliphatic heterocycles. The first-order valence-corrected chi connectivity index (χ1v) is 13.3. The molecule has 2 aliphatic rings. The minimum atomic E-state index is -0.281. The van der Waals surface area contributed by atoms with E-state index < -0.39 is 0 Å². The van der Waals surface area contributed by atoms with Gasteiger partial charge in [0.05, 0.1) is 19.3 Å². The van der Waals surface area contributed by atoms with Crippen LogP contribution in [-0.4, -0.2) is 47.3 Å². The number of hydrogen-bond donors (Lipinski definition) is 1. The Morgan fingerprint density at radius 1 is 0.943 bits per heavy atom. The number of aldehydes is 1. The third kappa shape index (κ3) is 5.52. The summed E-state index contributed by atoms with van der Waals surface area (Å²) in [5.74, 6) is 0.683. The van der Waals surface area contributed by atoms with E-state index >= 15 is 0 Å². The summed E-state index contributed by atoms with van der Waals surface area (Å²) in [6.45, 7) is 10.5. The first-order valence-electron chi connectivity index (χ1n) is 13.3. The van der Waals surface area contributed by atoms with Crippen LogP contribution in [0.5, 0.6) is 0 Å². The van der Waals surface area contributed by atoms with Crippen LogP contribution in [-0.2, 0) is 9.59 Å². The Labute approximate surface area is 210 Å². The molecule has 1 aliphatic carbocycles. The molecule has 2 aromatic carbocycles. The van der Waals surface area contributed by atoms with Crippen molar-refractivity contribution in [2.75, 3.05) is 25.1 Å². The van der Waals surface area contributed by atoms with Gasteiger partial charge < -0.3 is 10.1 Å². The minimum Gasteiger partial charge on any atom is -0.324 e. The molecule has 0 radical (unpaired) electrons. The van der Waals surface area contributed by atoms with Crippen molar-refractivity contribution in [2.45, 2.75) is 83.2 Å². The molecular formula is C30H41N3O2. The quantitative estimate of drug-likeness (QED) is 0.470. The number of carbonyl (C=O) groups is 2. The third-order valence-corrected chi connectivity index (χ3v) is 7.87. The van der Waals surface area contributed by atoms with Crippen molar-refractivity contribution in [1.82, 2.24) is 9.80 Å². The van der Waals surface area contributed by atoms with Crippen molar-refractivity contribution in [2.24, 2.45) is 0 Å². The fraction of sp³-hybridized carbons (Fsp3) is 0.533. The molecule has 1 spiro atoms. The van der Waals surface area contributed by atoms with Crippen LogP contribution in [0, 0.1) is 0 Å². The third-order valence-electron chi connectivity index (χ3n) is 7.87. The molecule has 35 heavy (non-hydrogen) atoms. The van der Waals surface area contributed by atoms with Gasteiger partial charge in [-0.1, -0.05) is 95.5 Å². The van der Waals surface area contributed by atoms with Gasteiger partial charge in [0.1, 0.15) is 6.29 Å². The molecule has 1 atom stereocenters. The number of benzene rings is 2.